The van der Waals surface area contributed by atoms with Gasteiger partial charge in [0.15, 0.2) is 0 Å². The predicted octanol–water partition coefficient (Wildman–Crippen LogP) is 5.40. The molecular formula is C19H37N. The van der Waals surface area contributed by atoms with Gasteiger partial charge in [-0.15, -0.1) is 0 Å². The average molecular weight is 280 g/mol. The molecule has 0 bridgehead atoms. The Bertz CT molecular complexity index is 265. The van der Waals surface area contributed by atoms with Crippen molar-refractivity contribution in [2.75, 3.05) is 0 Å². The van der Waals surface area contributed by atoms with Crippen molar-refractivity contribution >= 4 is 0 Å². The van der Waals surface area contributed by atoms with Crippen LogP contribution in [0.3, 0.4) is 0 Å². The fraction of sp³-hybridized carbons (Fsp3) is 1.00. The summed E-state index contributed by atoms with van der Waals surface area (Å²) in [7, 11) is 0. The summed E-state index contributed by atoms with van der Waals surface area (Å²) in [5, 5.41) is 4.08. The monoisotopic (exact) mass is 279 g/mol. The van der Waals surface area contributed by atoms with E-state index in [0.29, 0.717) is 0 Å². The summed E-state index contributed by atoms with van der Waals surface area (Å²) < 4.78 is 0. The summed E-state index contributed by atoms with van der Waals surface area (Å²) >= 11 is 0. The molecule has 0 spiro atoms. The molecule has 0 aromatic rings. The SMILES string of the molecule is CCCC1CCC(NC2CC(C)CCC2C(C)C)CC1. The van der Waals surface area contributed by atoms with Gasteiger partial charge in [-0.05, 0) is 62.2 Å². The minimum Gasteiger partial charge on any atom is -0.311 e. The zero-order valence-electron chi connectivity index (χ0n) is 14.3. The lowest BCUT2D eigenvalue weighted by Gasteiger charge is -2.41. The van der Waals surface area contributed by atoms with Crippen molar-refractivity contribution in [2.45, 2.75) is 97.6 Å². The molecule has 3 atom stereocenters. The molecule has 20 heavy (non-hydrogen) atoms. The minimum atomic E-state index is 0.798. The maximum absolute atomic E-state index is 4.08. The first-order valence-electron chi connectivity index (χ1n) is 9.36. The first kappa shape index (κ1) is 16.3. The van der Waals surface area contributed by atoms with Gasteiger partial charge in [0.25, 0.3) is 0 Å². The average Bonchev–Trinajstić information content (AvgIpc) is 2.41. The van der Waals surface area contributed by atoms with E-state index in [1.54, 1.807) is 0 Å². The van der Waals surface area contributed by atoms with Crippen LogP contribution in [0.15, 0.2) is 0 Å². The van der Waals surface area contributed by atoms with Crippen LogP contribution in [0.4, 0.5) is 0 Å². The fourth-order valence-corrected chi connectivity index (χ4v) is 4.72. The van der Waals surface area contributed by atoms with Crippen LogP contribution < -0.4 is 5.32 Å². The number of rotatable bonds is 5. The molecule has 1 N–H and O–H groups in total. The summed E-state index contributed by atoms with van der Waals surface area (Å²) in [5.41, 5.74) is 0. The molecule has 0 aromatic heterocycles. The van der Waals surface area contributed by atoms with Crippen molar-refractivity contribution in [3.8, 4) is 0 Å². The maximum Gasteiger partial charge on any atom is 0.0103 e. The van der Waals surface area contributed by atoms with Gasteiger partial charge in [-0.25, -0.2) is 0 Å². The third-order valence-electron chi connectivity index (χ3n) is 6.02. The summed E-state index contributed by atoms with van der Waals surface area (Å²) in [6.07, 6.45) is 12.9. The van der Waals surface area contributed by atoms with E-state index in [0.717, 1.165) is 35.8 Å². The van der Waals surface area contributed by atoms with E-state index in [-0.39, 0.29) is 0 Å². The van der Waals surface area contributed by atoms with Gasteiger partial charge in [0.2, 0.25) is 0 Å². The van der Waals surface area contributed by atoms with E-state index >= 15 is 0 Å². The smallest absolute Gasteiger partial charge is 0.0103 e. The highest BCUT2D eigenvalue weighted by molar-refractivity contribution is 4.89. The van der Waals surface area contributed by atoms with Gasteiger partial charge in [0.05, 0.1) is 0 Å². The molecule has 1 nitrogen and oxygen atoms in total. The van der Waals surface area contributed by atoms with Crippen LogP contribution >= 0.6 is 0 Å². The van der Waals surface area contributed by atoms with Crippen LogP contribution in [-0.2, 0) is 0 Å². The minimum absolute atomic E-state index is 0.798. The molecule has 0 radical (unpaired) electrons. The maximum atomic E-state index is 4.08. The van der Waals surface area contributed by atoms with Crippen LogP contribution in [0.5, 0.6) is 0 Å². The van der Waals surface area contributed by atoms with Crippen molar-refractivity contribution in [1.82, 2.24) is 5.32 Å². The number of nitrogens with one attached hydrogen (secondary N) is 1. The van der Waals surface area contributed by atoms with Crippen molar-refractivity contribution in [3.63, 3.8) is 0 Å². The zero-order chi connectivity index (χ0) is 14.5. The molecule has 0 saturated heterocycles. The summed E-state index contributed by atoms with van der Waals surface area (Å²) in [6.45, 7) is 9.63. The van der Waals surface area contributed by atoms with E-state index in [9.17, 15) is 0 Å². The van der Waals surface area contributed by atoms with E-state index < -0.39 is 0 Å². The summed E-state index contributed by atoms with van der Waals surface area (Å²) in [4.78, 5) is 0. The Morgan fingerprint density at radius 1 is 1.00 bits per heavy atom. The summed E-state index contributed by atoms with van der Waals surface area (Å²) in [6, 6.07) is 1.62. The molecule has 1 heteroatoms. The molecule has 2 aliphatic carbocycles. The Hall–Kier alpha value is -0.0400. The van der Waals surface area contributed by atoms with Crippen LogP contribution in [0, 0.1) is 23.7 Å². The molecule has 118 valence electrons. The molecule has 0 aliphatic heterocycles. The van der Waals surface area contributed by atoms with Gasteiger partial charge in [-0.1, -0.05) is 47.0 Å². The lowest BCUT2D eigenvalue weighted by Crippen LogP contribution is -2.48. The number of hydrogen-bond acceptors (Lipinski definition) is 1. The quantitative estimate of drug-likeness (QED) is 0.711. The Kier molecular flexibility index (Phi) is 6.39. The normalized spacial score (nSPS) is 39.1. The van der Waals surface area contributed by atoms with Crippen molar-refractivity contribution in [1.29, 1.82) is 0 Å². The Labute approximate surface area is 127 Å². The molecule has 0 heterocycles. The zero-order valence-corrected chi connectivity index (χ0v) is 14.3. The third-order valence-corrected chi connectivity index (χ3v) is 6.02. The van der Waals surface area contributed by atoms with Crippen LogP contribution in [0.2, 0.25) is 0 Å². The molecule has 0 amide bonds. The largest absolute Gasteiger partial charge is 0.311 e. The van der Waals surface area contributed by atoms with E-state index in [1.807, 2.05) is 0 Å². The second kappa shape index (κ2) is 7.82. The predicted molar refractivity (Wildman–Crippen MR) is 88.9 cm³/mol. The van der Waals surface area contributed by atoms with Crippen LogP contribution in [-0.4, -0.2) is 12.1 Å². The standard InChI is InChI=1S/C19H37N/c1-5-6-16-8-10-17(11-9-16)20-19-13-15(4)7-12-18(19)14(2)3/h14-20H,5-13H2,1-4H3. The van der Waals surface area contributed by atoms with Gasteiger partial charge < -0.3 is 5.32 Å². The highest BCUT2D eigenvalue weighted by Gasteiger charge is 2.32. The van der Waals surface area contributed by atoms with Gasteiger partial charge in [0, 0.05) is 12.1 Å². The number of hydrogen-bond donors (Lipinski definition) is 1. The molecule has 2 fully saturated rings. The molecule has 3 unspecified atom stereocenters. The molecule has 2 rings (SSSR count). The highest BCUT2D eigenvalue weighted by Crippen LogP contribution is 2.35. The lowest BCUT2D eigenvalue weighted by molar-refractivity contribution is 0.144. The van der Waals surface area contributed by atoms with Gasteiger partial charge in [-0.3, -0.25) is 0 Å². The van der Waals surface area contributed by atoms with E-state index in [2.05, 4.69) is 33.0 Å². The second-order valence-electron chi connectivity index (χ2n) is 8.11. The van der Waals surface area contributed by atoms with Gasteiger partial charge >= 0.3 is 0 Å². The Morgan fingerprint density at radius 2 is 1.70 bits per heavy atom. The van der Waals surface area contributed by atoms with E-state index in [4.69, 9.17) is 0 Å². The summed E-state index contributed by atoms with van der Waals surface area (Å²) in [5.74, 6) is 3.72. The van der Waals surface area contributed by atoms with Crippen LogP contribution in [0.1, 0.15) is 85.5 Å². The molecular weight excluding hydrogens is 242 g/mol. The molecule has 2 aliphatic rings. The Morgan fingerprint density at radius 3 is 2.30 bits per heavy atom. The van der Waals surface area contributed by atoms with Crippen molar-refractivity contribution in [2.24, 2.45) is 23.7 Å². The lowest BCUT2D eigenvalue weighted by atomic mass is 9.73. The first-order chi connectivity index (χ1) is 9.60. The van der Waals surface area contributed by atoms with Gasteiger partial charge in [-0.2, -0.15) is 0 Å². The van der Waals surface area contributed by atoms with Crippen molar-refractivity contribution < 1.29 is 0 Å². The highest BCUT2D eigenvalue weighted by atomic mass is 15.0. The third kappa shape index (κ3) is 4.48. The molecule has 0 aromatic carbocycles. The second-order valence-corrected chi connectivity index (χ2v) is 8.11. The topological polar surface area (TPSA) is 12.0 Å². The Balaban J connectivity index is 1.81. The van der Waals surface area contributed by atoms with Crippen molar-refractivity contribution in [3.05, 3.63) is 0 Å². The van der Waals surface area contributed by atoms with E-state index in [1.165, 1.54) is 57.8 Å². The van der Waals surface area contributed by atoms with Gasteiger partial charge in [0.1, 0.15) is 0 Å². The molecule has 2 saturated carbocycles. The fourth-order valence-electron chi connectivity index (χ4n) is 4.72. The van der Waals surface area contributed by atoms with Crippen LogP contribution in [0.25, 0.3) is 0 Å². The first-order valence-corrected chi connectivity index (χ1v) is 9.36.